The minimum Gasteiger partial charge on any atom is -0.465 e. The lowest BCUT2D eigenvalue weighted by molar-refractivity contribution is -0.140. The lowest BCUT2D eigenvalue weighted by atomic mass is 9.91. The molecule has 1 heterocycles. The Hall–Kier alpha value is -1.92. The maximum absolute atomic E-state index is 12.4. The van der Waals surface area contributed by atoms with Gasteiger partial charge in [-0.2, -0.15) is 0 Å². The number of hydrogen-bond acceptors (Lipinski definition) is 5. The molecule has 0 saturated carbocycles. The smallest absolute Gasteiger partial charge is 0.337 e. The predicted octanol–water partition coefficient (Wildman–Crippen LogP) is 1.18. The van der Waals surface area contributed by atoms with E-state index in [0.29, 0.717) is 24.1 Å². The summed E-state index contributed by atoms with van der Waals surface area (Å²) < 4.78 is 10.1. The Balaban J connectivity index is 2.06. The van der Waals surface area contributed by atoms with Gasteiger partial charge in [0.25, 0.3) is 5.91 Å². The fraction of sp³-hybridized carbons (Fsp3) is 0.467. The van der Waals surface area contributed by atoms with E-state index in [1.165, 1.54) is 7.11 Å². The number of nitrogens with one attached hydrogen (secondary N) is 2. The van der Waals surface area contributed by atoms with Gasteiger partial charge in [0.1, 0.15) is 5.60 Å². The van der Waals surface area contributed by atoms with Crippen molar-refractivity contribution in [3.63, 3.8) is 0 Å². The zero-order chi connectivity index (χ0) is 15.3. The second-order valence-electron chi connectivity index (χ2n) is 4.97. The maximum atomic E-state index is 12.4. The highest BCUT2D eigenvalue weighted by molar-refractivity contribution is 5.98. The lowest BCUT2D eigenvalue weighted by Crippen LogP contribution is -2.51. The van der Waals surface area contributed by atoms with Crippen LogP contribution in [0.25, 0.3) is 0 Å². The highest BCUT2D eigenvalue weighted by Crippen LogP contribution is 2.24. The van der Waals surface area contributed by atoms with Gasteiger partial charge in [0.2, 0.25) is 0 Å². The summed E-state index contributed by atoms with van der Waals surface area (Å²) in [7, 11) is 2.89. The number of ether oxygens (including phenoxy) is 2. The zero-order valence-corrected chi connectivity index (χ0v) is 12.3. The SMILES string of the molecule is COC(=O)c1ccc(NC(=O)C2(OC)CCNCC2)cc1. The van der Waals surface area contributed by atoms with E-state index in [9.17, 15) is 9.59 Å². The molecule has 1 aliphatic rings. The number of carbonyl (C=O) groups excluding carboxylic acids is 2. The molecule has 0 aromatic heterocycles. The van der Waals surface area contributed by atoms with Gasteiger partial charge in [0.05, 0.1) is 12.7 Å². The van der Waals surface area contributed by atoms with Gasteiger partial charge in [-0.3, -0.25) is 4.79 Å². The molecular formula is C15H20N2O4. The van der Waals surface area contributed by atoms with Crippen LogP contribution in [-0.4, -0.2) is 44.8 Å². The normalized spacial score (nSPS) is 17.0. The van der Waals surface area contributed by atoms with Crippen LogP contribution in [0.1, 0.15) is 23.2 Å². The Labute approximate surface area is 123 Å². The molecule has 0 bridgehead atoms. The largest absolute Gasteiger partial charge is 0.465 e. The Morgan fingerprint density at radius 1 is 1.14 bits per heavy atom. The second kappa shape index (κ2) is 6.69. The summed E-state index contributed by atoms with van der Waals surface area (Å²) in [4.78, 5) is 23.8. The lowest BCUT2D eigenvalue weighted by Gasteiger charge is -2.34. The van der Waals surface area contributed by atoms with E-state index >= 15 is 0 Å². The molecule has 0 unspecified atom stereocenters. The highest BCUT2D eigenvalue weighted by atomic mass is 16.5. The third kappa shape index (κ3) is 3.40. The molecule has 0 aliphatic carbocycles. The molecular weight excluding hydrogens is 272 g/mol. The molecule has 6 nitrogen and oxygen atoms in total. The van der Waals surface area contributed by atoms with Gasteiger partial charge in [0.15, 0.2) is 0 Å². The van der Waals surface area contributed by atoms with E-state index < -0.39 is 11.6 Å². The molecule has 0 atom stereocenters. The second-order valence-corrected chi connectivity index (χ2v) is 4.97. The molecule has 1 saturated heterocycles. The third-order valence-electron chi connectivity index (χ3n) is 3.78. The number of amides is 1. The minimum atomic E-state index is -0.785. The highest BCUT2D eigenvalue weighted by Gasteiger charge is 2.39. The number of methoxy groups -OCH3 is 2. The summed E-state index contributed by atoms with van der Waals surface area (Å²) >= 11 is 0. The van der Waals surface area contributed by atoms with Gasteiger partial charge >= 0.3 is 5.97 Å². The van der Waals surface area contributed by atoms with Crippen molar-refractivity contribution in [3.8, 4) is 0 Å². The summed E-state index contributed by atoms with van der Waals surface area (Å²) in [6.07, 6.45) is 1.27. The van der Waals surface area contributed by atoms with Gasteiger partial charge in [0, 0.05) is 12.8 Å². The van der Waals surface area contributed by atoms with E-state index in [1.54, 1.807) is 31.4 Å². The number of esters is 1. The number of rotatable bonds is 4. The summed E-state index contributed by atoms with van der Waals surface area (Å²) in [5.74, 6) is -0.558. The fourth-order valence-electron chi connectivity index (χ4n) is 2.41. The third-order valence-corrected chi connectivity index (χ3v) is 3.78. The quantitative estimate of drug-likeness (QED) is 0.815. The van der Waals surface area contributed by atoms with Crippen LogP contribution in [0.15, 0.2) is 24.3 Å². The topological polar surface area (TPSA) is 76.7 Å². The van der Waals surface area contributed by atoms with Crippen LogP contribution in [-0.2, 0) is 14.3 Å². The molecule has 2 rings (SSSR count). The van der Waals surface area contributed by atoms with Crippen molar-refractivity contribution < 1.29 is 19.1 Å². The van der Waals surface area contributed by atoms with Gasteiger partial charge in [-0.15, -0.1) is 0 Å². The number of piperidine rings is 1. The molecule has 6 heteroatoms. The number of anilines is 1. The van der Waals surface area contributed by atoms with Crippen LogP contribution in [0.2, 0.25) is 0 Å². The summed E-state index contributed by atoms with van der Waals surface area (Å²) in [6.45, 7) is 1.51. The first-order valence-electron chi connectivity index (χ1n) is 6.87. The van der Waals surface area contributed by atoms with E-state index in [1.807, 2.05) is 0 Å². The van der Waals surface area contributed by atoms with Crippen LogP contribution in [0, 0.1) is 0 Å². The summed E-state index contributed by atoms with van der Waals surface area (Å²) in [5.41, 5.74) is 0.285. The minimum absolute atomic E-state index is 0.155. The van der Waals surface area contributed by atoms with Crippen molar-refractivity contribution in [2.24, 2.45) is 0 Å². The number of carbonyl (C=O) groups is 2. The van der Waals surface area contributed by atoms with Crippen molar-refractivity contribution in [1.29, 1.82) is 0 Å². The molecule has 21 heavy (non-hydrogen) atoms. The maximum Gasteiger partial charge on any atom is 0.337 e. The predicted molar refractivity (Wildman–Crippen MR) is 78.3 cm³/mol. The molecule has 1 amide bonds. The van der Waals surface area contributed by atoms with Crippen LogP contribution >= 0.6 is 0 Å². The molecule has 1 aromatic rings. The average molecular weight is 292 g/mol. The molecule has 2 N–H and O–H groups in total. The fourth-order valence-corrected chi connectivity index (χ4v) is 2.41. The number of hydrogen-bond donors (Lipinski definition) is 2. The molecule has 114 valence electrons. The van der Waals surface area contributed by atoms with E-state index in [-0.39, 0.29) is 5.91 Å². The van der Waals surface area contributed by atoms with Crippen LogP contribution in [0.5, 0.6) is 0 Å². The van der Waals surface area contributed by atoms with Crippen molar-refractivity contribution in [2.75, 3.05) is 32.6 Å². The van der Waals surface area contributed by atoms with Crippen molar-refractivity contribution in [2.45, 2.75) is 18.4 Å². The molecule has 0 spiro atoms. The van der Waals surface area contributed by atoms with Gasteiger partial charge < -0.3 is 20.1 Å². The first-order valence-corrected chi connectivity index (χ1v) is 6.87. The van der Waals surface area contributed by atoms with Crippen LogP contribution in [0.3, 0.4) is 0 Å². The van der Waals surface area contributed by atoms with E-state index in [4.69, 9.17) is 4.74 Å². The Morgan fingerprint density at radius 2 is 1.76 bits per heavy atom. The summed E-state index contributed by atoms with van der Waals surface area (Å²) in [5, 5.41) is 6.05. The molecule has 1 fully saturated rings. The molecule has 1 aliphatic heterocycles. The average Bonchev–Trinajstić information content (AvgIpc) is 2.55. The first kappa shape index (κ1) is 15.5. The van der Waals surface area contributed by atoms with E-state index in [2.05, 4.69) is 15.4 Å². The Bertz CT molecular complexity index is 507. The van der Waals surface area contributed by atoms with Crippen molar-refractivity contribution >= 4 is 17.6 Å². The Morgan fingerprint density at radius 3 is 2.29 bits per heavy atom. The van der Waals surface area contributed by atoms with Crippen LogP contribution < -0.4 is 10.6 Å². The standard InChI is InChI=1S/C15H20N2O4/c1-20-13(18)11-3-5-12(6-4-11)17-14(19)15(21-2)7-9-16-10-8-15/h3-6,16H,7-10H2,1-2H3,(H,17,19). The van der Waals surface area contributed by atoms with Gasteiger partial charge in [-0.25, -0.2) is 4.79 Å². The Kier molecular flexibility index (Phi) is 4.93. The monoisotopic (exact) mass is 292 g/mol. The molecule has 1 aromatic carbocycles. The van der Waals surface area contributed by atoms with Crippen molar-refractivity contribution in [1.82, 2.24) is 5.32 Å². The zero-order valence-electron chi connectivity index (χ0n) is 12.3. The number of benzene rings is 1. The molecule has 0 radical (unpaired) electrons. The van der Waals surface area contributed by atoms with Gasteiger partial charge in [-0.1, -0.05) is 0 Å². The van der Waals surface area contributed by atoms with Crippen LogP contribution in [0.4, 0.5) is 5.69 Å². The van der Waals surface area contributed by atoms with E-state index in [0.717, 1.165) is 13.1 Å². The first-order chi connectivity index (χ1) is 10.1. The summed E-state index contributed by atoms with van der Waals surface area (Å²) in [6, 6.07) is 6.58. The van der Waals surface area contributed by atoms with Gasteiger partial charge in [-0.05, 0) is 50.2 Å². The van der Waals surface area contributed by atoms with Crippen molar-refractivity contribution in [3.05, 3.63) is 29.8 Å².